The first-order valence-corrected chi connectivity index (χ1v) is 6.60. The van der Waals surface area contributed by atoms with E-state index in [-0.39, 0.29) is 36.8 Å². The van der Waals surface area contributed by atoms with Gasteiger partial charge in [-0.25, -0.2) is 0 Å². The summed E-state index contributed by atoms with van der Waals surface area (Å²) in [6, 6.07) is -0.814. The summed E-state index contributed by atoms with van der Waals surface area (Å²) in [5.74, 6) is -1.45. The van der Waals surface area contributed by atoms with Gasteiger partial charge in [0.05, 0.1) is 25.3 Å². The van der Waals surface area contributed by atoms with Gasteiger partial charge in [0, 0.05) is 24.3 Å². The van der Waals surface area contributed by atoms with Crippen molar-refractivity contribution < 1.29 is 23.9 Å². The zero-order chi connectivity index (χ0) is 15.6. The molecule has 0 saturated carbocycles. The van der Waals surface area contributed by atoms with E-state index in [0.29, 0.717) is 0 Å². The molecule has 0 aromatic carbocycles. The van der Waals surface area contributed by atoms with Crippen molar-refractivity contribution in [1.82, 2.24) is 9.80 Å². The average molecular weight is 292 g/mol. The van der Waals surface area contributed by atoms with Crippen molar-refractivity contribution in [1.29, 1.82) is 0 Å². The number of imide groups is 2. The Bertz CT molecular complexity index is 468. The zero-order valence-electron chi connectivity index (χ0n) is 11.8. The van der Waals surface area contributed by atoms with Gasteiger partial charge in [-0.2, -0.15) is 0 Å². The lowest BCUT2D eigenvalue weighted by Gasteiger charge is -2.25. The molecule has 21 heavy (non-hydrogen) atoms. The third kappa shape index (κ3) is 3.08. The van der Waals surface area contributed by atoms with Gasteiger partial charge in [0.1, 0.15) is 0 Å². The molecule has 2 aliphatic heterocycles. The Morgan fingerprint density at radius 2 is 1.05 bits per heavy atom. The largest absolute Gasteiger partial charge is 0.377 e. The molecule has 7 heteroatoms. The fourth-order valence-corrected chi connectivity index (χ4v) is 2.25. The van der Waals surface area contributed by atoms with E-state index in [1.807, 2.05) is 0 Å². The Labute approximate surface area is 121 Å². The summed E-state index contributed by atoms with van der Waals surface area (Å²) in [7, 11) is 0. The van der Waals surface area contributed by atoms with Crippen molar-refractivity contribution in [3.05, 3.63) is 24.3 Å². The van der Waals surface area contributed by atoms with Crippen LogP contribution in [0.1, 0.15) is 13.8 Å². The average Bonchev–Trinajstić information content (AvgIpc) is 2.92. The molecule has 0 aromatic rings. The van der Waals surface area contributed by atoms with Crippen LogP contribution in [0.2, 0.25) is 0 Å². The molecular formula is C14H16N2O5. The number of ether oxygens (including phenoxy) is 1. The highest BCUT2D eigenvalue weighted by Crippen LogP contribution is 2.11. The van der Waals surface area contributed by atoms with Gasteiger partial charge in [0.15, 0.2) is 0 Å². The molecule has 2 atom stereocenters. The van der Waals surface area contributed by atoms with Crippen LogP contribution in [0.25, 0.3) is 0 Å². The zero-order valence-corrected chi connectivity index (χ0v) is 11.8. The first-order chi connectivity index (χ1) is 9.91. The molecule has 0 aliphatic carbocycles. The highest BCUT2D eigenvalue weighted by Gasteiger charge is 2.30. The van der Waals surface area contributed by atoms with Crippen LogP contribution in [0.4, 0.5) is 0 Å². The fourth-order valence-electron chi connectivity index (χ4n) is 2.25. The topological polar surface area (TPSA) is 84.0 Å². The monoisotopic (exact) mass is 292 g/mol. The lowest BCUT2D eigenvalue weighted by Crippen LogP contribution is -2.43. The molecule has 4 amide bonds. The summed E-state index contributed by atoms with van der Waals surface area (Å²) in [6.07, 6.45) is 4.87. The second-order valence-corrected chi connectivity index (χ2v) is 5.00. The van der Waals surface area contributed by atoms with Gasteiger partial charge in [-0.1, -0.05) is 0 Å². The van der Waals surface area contributed by atoms with Gasteiger partial charge in [-0.05, 0) is 13.8 Å². The second kappa shape index (κ2) is 6.01. The van der Waals surface area contributed by atoms with Crippen LogP contribution in [-0.2, 0) is 23.9 Å². The summed E-state index contributed by atoms with van der Waals surface area (Å²) in [5.41, 5.74) is 0. The molecule has 2 heterocycles. The van der Waals surface area contributed by atoms with Crippen LogP contribution in [0.15, 0.2) is 24.3 Å². The molecule has 7 nitrogen and oxygen atoms in total. The molecule has 2 rings (SSSR count). The lowest BCUT2D eigenvalue weighted by molar-refractivity contribution is -0.141. The Morgan fingerprint density at radius 3 is 1.33 bits per heavy atom. The summed E-state index contributed by atoms with van der Waals surface area (Å²) < 4.78 is 5.43. The minimum Gasteiger partial charge on any atom is -0.377 e. The van der Waals surface area contributed by atoms with Crippen molar-refractivity contribution in [3.63, 3.8) is 0 Å². The van der Waals surface area contributed by atoms with Crippen LogP contribution in [0, 0.1) is 0 Å². The van der Waals surface area contributed by atoms with Crippen LogP contribution in [0.5, 0.6) is 0 Å². The predicted molar refractivity (Wildman–Crippen MR) is 71.7 cm³/mol. The highest BCUT2D eigenvalue weighted by atomic mass is 16.5. The van der Waals surface area contributed by atoms with Gasteiger partial charge in [0.2, 0.25) is 0 Å². The number of carbonyl (C=O) groups is 4. The van der Waals surface area contributed by atoms with Crippen LogP contribution in [0.3, 0.4) is 0 Å². The van der Waals surface area contributed by atoms with Crippen molar-refractivity contribution in [2.24, 2.45) is 0 Å². The first-order valence-electron chi connectivity index (χ1n) is 6.60. The molecule has 112 valence electrons. The first kappa shape index (κ1) is 15.1. The van der Waals surface area contributed by atoms with Gasteiger partial charge >= 0.3 is 0 Å². The molecule has 0 saturated heterocycles. The Morgan fingerprint density at radius 1 is 0.762 bits per heavy atom. The smallest absolute Gasteiger partial charge is 0.253 e. The molecule has 2 unspecified atom stereocenters. The predicted octanol–water partition coefficient (Wildman–Crippen LogP) is -0.370. The van der Waals surface area contributed by atoms with Crippen molar-refractivity contribution in [3.8, 4) is 0 Å². The Balaban J connectivity index is 1.79. The maximum absolute atomic E-state index is 11.5. The van der Waals surface area contributed by atoms with E-state index in [9.17, 15) is 19.2 Å². The van der Waals surface area contributed by atoms with Gasteiger partial charge in [-0.3, -0.25) is 29.0 Å². The molecule has 0 spiro atoms. The minimum absolute atomic E-state index is 0.146. The van der Waals surface area contributed by atoms with E-state index in [1.165, 1.54) is 24.3 Å². The molecule has 0 fully saturated rings. The minimum atomic E-state index is -0.407. The van der Waals surface area contributed by atoms with E-state index in [1.54, 1.807) is 13.8 Å². The molecule has 2 aliphatic rings. The fraction of sp³-hybridized carbons (Fsp3) is 0.429. The molecule has 0 radical (unpaired) electrons. The molecule has 0 aromatic heterocycles. The number of nitrogens with zero attached hydrogens (tertiary/aromatic N) is 2. The van der Waals surface area contributed by atoms with Crippen molar-refractivity contribution in [2.45, 2.75) is 25.9 Å². The Hall–Kier alpha value is -2.28. The number of rotatable bonds is 6. The van der Waals surface area contributed by atoms with E-state index < -0.39 is 12.1 Å². The van der Waals surface area contributed by atoms with E-state index in [2.05, 4.69) is 0 Å². The standard InChI is InChI=1S/C14H16N2O5/c1-9(15-11(17)3-4-12(15)18)7-21-8-10(2)16-13(19)5-6-14(16)20/h3-6,9-10H,7-8H2,1-2H3. The van der Waals surface area contributed by atoms with Gasteiger partial charge in [-0.15, -0.1) is 0 Å². The molecular weight excluding hydrogens is 276 g/mol. The Kier molecular flexibility index (Phi) is 4.32. The lowest BCUT2D eigenvalue weighted by atomic mass is 10.3. The van der Waals surface area contributed by atoms with Crippen LogP contribution < -0.4 is 0 Å². The SMILES string of the molecule is CC(COCC(C)N1C(=O)C=CC1=O)N1C(=O)C=CC1=O. The van der Waals surface area contributed by atoms with Crippen LogP contribution in [-0.4, -0.2) is 58.7 Å². The number of hydrogen-bond acceptors (Lipinski definition) is 5. The van der Waals surface area contributed by atoms with Crippen molar-refractivity contribution in [2.75, 3.05) is 13.2 Å². The van der Waals surface area contributed by atoms with Crippen molar-refractivity contribution >= 4 is 23.6 Å². The third-order valence-electron chi connectivity index (χ3n) is 3.29. The number of hydrogen-bond donors (Lipinski definition) is 0. The number of amides is 4. The summed E-state index contributed by atoms with van der Waals surface area (Å²) in [4.78, 5) is 48.1. The maximum atomic E-state index is 11.5. The van der Waals surface area contributed by atoms with E-state index in [0.717, 1.165) is 9.80 Å². The second-order valence-electron chi connectivity index (χ2n) is 5.00. The quantitative estimate of drug-likeness (QED) is 0.624. The summed E-state index contributed by atoms with van der Waals surface area (Å²) in [5, 5.41) is 0. The molecule has 0 N–H and O–H groups in total. The molecule has 0 bridgehead atoms. The van der Waals surface area contributed by atoms with E-state index >= 15 is 0 Å². The highest BCUT2D eigenvalue weighted by molar-refractivity contribution is 6.13. The summed E-state index contributed by atoms with van der Waals surface area (Å²) >= 11 is 0. The number of carbonyl (C=O) groups excluding carboxylic acids is 4. The normalized spacial score (nSPS) is 20.9. The third-order valence-corrected chi connectivity index (χ3v) is 3.29. The van der Waals surface area contributed by atoms with Gasteiger partial charge < -0.3 is 4.74 Å². The van der Waals surface area contributed by atoms with Gasteiger partial charge in [0.25, 0.3) is 23.6 Å². The van der Waals surface area contributed by atoms with Crippen LogP contribution >= 0.6 is 0 Å². The van der Waals surface area contributed by atoms with E-state index in [4.69, 9.17) is 4.74 Å². The maximum Gasteiger partial charge on any atom is 0.253 e. The summed E-state index contributed by atoms with van der Waals surface area (Å²) in [6.45, 7) is 3.68.